The van der Waals surface area contributed by atoms with E-state index in [0.29, 0.717) is 24.8 Å². The Labute approximate surface area is 118 Å². The zero-order valence-corrected chi connectivity index (χ0v) is 11.4. The van der Waals surface area contributed by atoms with Crippen molar-refractivity contribution in [2.24, 2.45) is 5.73 Å². The maximum atomic E-state index is 6.16. The van der Waals surface area contributed by atoms with Crippen LogP contribution in [0.5, 0.6) is 0 Å². The first-order valence-corrected chi connectivity index (χ1v) is 6.62. The summed E-state index contributed by atoms with van der Waals surface area (Å²) < 4.78 is 5.62. The second-order valence-electron chi connectivity index (χ2n) is 4.25. The number of ether oxygens (including phenoxy) is 1. The van der Waals surface area contributed by atoms with Crippen LogP contribution in [0.2, 0.25) is 5.02 Å². The highest BCUT2D eigenvalue weighted by molar-refractivity contribution is 6.31. The van der Waals surface area contributed by atoms with Crippen LogP contribution in [0.15, 0.2) is 42.6 Å². The average Bonchev–Trinajstić information content (AvgIpc) is 2.46. The number of benzene rings is 1. The lowest BCUT2D eigenvalue weighted by atomic mass is 10.1. The fraction of sp³-hybridized carbons (Fsp3) is 0.267. The molecule has 0 amide bonds. The lowest BCUT2D eigenvalue weighted by molar-refractivity contribution is 0.123. The molecule has 0 saturated heterocycles. The van der Waals surface area contributed by atoms with Crippen LogP contribution >= 0.6 is 11.6 Å². The molecule has 19 heavy (non-hydrogen) atoms. The number of halogens is 1. The third-order valence-electron chi connectivity index (χ3n) is 2.84. The van der Waals surface area contributed by atoms with E-state index in [0.717, 1.165) is 23.2 Å². The Kier molecular flexibility index (Phi) is 5.33. The van der Waals surface area contributed by atoms with Crippen molar-refractivity contribution in [1.29, 1.82) is 0 Å². The van der Waals surface area contributed by atoms with Gasteiger partial charge in [0.2, 0.25) is 0 Å². The summed E-state index contributed by atoms with van der Waals surface area (Å²) in [6.45, 7) is 1.64. The number of aromatic nitrogens is 1. The topological polar surface area (TPSA) is 48.1 Å². The normalized spacial score (nSPS) is 10.6. The Balaban J connectivity index is 1.80. The minimum Gasteiger partial charge on any atom is -0.376 e. The predicted octanol–water partition coefficient (Wildman–Crippen LogP) is 2.95. The van der Waals surface area contributed by atoms with Crippen molar-refractivity contribution in [1.82, 2.24) is 4.98 Å². The van der Waals surface area contributed by atoms with Crippen molar-refractivity contribution in [2.45, 2.75) is 19.6 Å². The first-order chi connectivity index (χ1) is 9.29. The summed E-state index contributed by atoms with van der Waals surface area (Å²) in [6, 6.07) is 11.7. The molecular formula is C15H17ClN2O. The molecule has 0 unspecified atom stereocenters. The molecule has 1 heterocycles. The highest BCUT2D eigenvalue weighted by atomic mass is 35.5. The van der Waals surface area contributed by atoms with E-state index in [-0.39, 0.29) is 0 Å². The Morgan fingerprint density at radius 3 is 2.79 bits per heavy atom. The van der Waals surface area contributed by atoms with Gasteiger partial charge in [0, 0.05) is 29.9 Å². The van der Waals surface area contributed by atoms with Gasteiger partial charge < -0.3 is 10.5 Å². The van der Waals surface area contributed by atoms with Crippen molar-refractivity contribution >= 4 is 11.6 Å². The number of pyridine rings is 1. The smallest absolute Gasteiger partial charge is 0.0731 e. The Morgan fingerprint density at radius 2 is 2.11 bits per heavy atom. The van der Waals surface area contributed by atoms with E-state index in [1.165, 1.54) is 0 Å². The summed E-state index contributed by atoms with van der Waals surface area (Å²) in [5.41, 5.74) is 8.61. The van der Waals surface area contributed by atoms with Gasteiger partial charge in [-0.3, -0.25) is 4.98 Å². The molecule has 0 bridgehead atoms. The molecule has 2 aromatic rings. The van der Waals surface area contributed by atoms with Gasteiger partial charge in [0.15, 0.2) is 0 Å². The van der Waals surface area contributed by atoms with E-state index in [1.807, 2.05) is 36.4 Å². The van der Waals surface area contributed by atoms with E-state index < -0.39 is 0 Å². The van der Waals surface area contributed by atoms with Crippen molar-refractivity contribution in [3.05, 3.63) is 64.4 Å². The average molecular weight is 277 g/mol. The molecule has 100 valence electrons. The van der Waals surface area contributed by atoms with Crippen LogP contribution in [0.4, 0.5) is 0 Å². The molecule has 0 atom stereocenters. The number of nitrogens with zero attached hydrogens (tertiary/aromatic N) is 1. The van der Waals surface area contributed by atoms with Crippen LogP contribution in [0, 0.1) is 0 Å². The predicted molar refractivity (Wildman–Crippen MR) is 76.9 cm³/mol. The van der Waals surface area contributed by atoms with Crippen molar-refractivity contribution < 1.29 is 4.74 Å². The summed E-state index contributed by atoms with van der Waals surface area (Å²) in [5, 5.41) is 0.709. The van der Waals surface area contributed by atoms with Gasteiger partial charge in [-0.25, -0.2) is 0 Å². The fourth-order valence-corrected chi connectivity index (χ4v) is 2.00. The van der Waals surface area contributed by atoms with Crippen LogP contribution in [0.25, 0.3) is 0 Å². The SMILES string of the molecule is NCc1ccc(COCCc2ccccn2)c(Cl)c1. The Bertz CT molecular complexity index is 517. The van der Waals surface area contributed by atoms with Crippen LogP contribution in [-0.2, 0) is 24.3 Å². The van der Waals surface area contributed by atoms with Gasteiger partial charge in [-0.05, 0) is 29.3 Å². The van der Waals surface area contributed by atoms with Gasteiger partial charge in [0.25, 0.3) is 0 Å². The van der Waals surface area contributed by atoms with Gasteiger partial charge in [0.1, 0.15) is 0 Å². The monoisotopic (exact) mass is 276 g/mol. The molecule has 0 aliphatic carbocycles. The van der Waals surface area contributed by atoms with Crippen LogP contribution in [0.1, 0.15) is 16.8 Å². The minimum absolute atomic E-state index is 0.501. The molecule has 0 aliphatic heterocycles. The number of nitrogens with two attached hydrogens (primary N) is 1. The molecular weight excluding hydrogens is 260 g/mol. The lowest BCUT2D eigenvalue weighted by Gasteiger charge is -2.07. The third-order valence-corrected chi connectivity index (χ3v) is 3.19. The molecule has 4 heteroatoms. The molecule has 2 N–H and O–H groups in total. The molecule has 1 aromatic heterocycles. The zero-order chi connectivity index (χ0) is 13.5. The van der Waals surface area contributed by atoms with Gasteiger partial charge in [-0.15, -0.1) is 0 Å². The van der Waals surface area contributed by atoms with Crippen molar-refractivity contribution in [3.8, 4) is 0 Å². The van der Waals surface area contributed by atoms with Crippen molar-refractivity contribution in [3.63, 3.8) is 0 Å². The first-order valence-electron chi connectivity index (χ1n) is 6.24. The molecule has 2 rings (SSSR count). The van der Waals surface area contributed by atoms with Crippen LogP contribution in [-0.4, -0.2) is 11.6 Å². The number of rotatable bonds is 6. The van der Waals surface area contributed by atoms with E-state index in [1.54, 1.807) is 6.20 Å². The minimum atomic E-state index is 0.501. The van der Waals surface area contributed by atoms with Gasteiger partial charge in [-0.2, -0.15) is 0 Å². The second-order valence-corrected chi connectivity index (χ2v) is 4.66. The Morgan fingerprint density at radius 1 is 1.21 bits per heavy atom. The van der Waals surface area contributed by atoms with Gasteiger partial charge in [0.05, 0.1) is 13.2 Å². The molecule has 0 aliphatic rings. The fourth-order valence-electron chi connectivity index (χ4n) is 1.74. The third kappa shape index (κ3) is 4.31. The van der Waals surface area contributed by atoms with E-state index in [9.17, 15) is 0 Å². The highest BCUT2D eigenvalue weighted by Gasteiger charge is 2.02. The van der Waals surface area contributed by atoms with Crippen LogP contribution < -0.4 is 5.73 Å². The standard InChI is InChI=1S/C15H17ClN2O/c16-15-9-12(10-17)4-5-13(15)11-19-8-6-14-3-1-2-7-18-14/h1-5,7,9H,6,8,10-11,17H2. The highest BCUT2D eigenvalue weighted by Crippen LogP contribution is 2.18. The largest absolute Gasteiger partial charge is 0.376 e. The number of hydrogen-bond donors (Lipinski definition) is 1. The molecule has 0 spiro atoms. The molecule has 1 aromatic carbocycles. The summed E-state index contributed by atoms with van der Waals surface area (Å²) >= 11 is 6.16. The maximum absolute atomic E-state index is 6.16. The molecule has 0 saturated carbocycles. The van der Waals surface area contributed by atoms with Gasteiger partial charge >= 0.3 is 0 Å². The van der Waals surface area contributed by atoms with Crippen LogP contribution in [0.3, 0.4) is 0 Å². The first kappa shape index (κ1) is 14.0. The summed E-state index contributed by atoms with van der Waals surface area (Å²) in [7, 11) is 0. The van der Waals surface area contributed by atoms with Gasteiger partial charge in [-0.1, -0.05) is 29.8 Å². The lowest BCUT2D eigenvalue weighted by Crippen LogP contribution is -2.02. The summed E-state index contributed by atoms with van der Waals surface area (Å²) in [5.74, 6) is 0. The molecule has 3 nitrogen and oxygen atoms in total. The summed E-state index contributed by atoms with van der Waals surface area (Å²) in [4.78, 5) is 4.24. The maximum Gasteiger partial charge on any atom is 0.0731 e. The molecule has 0 radical (unpaired) electrons. The second kappa shape index (κ2) is 7.24. The Hall–Kier alpha value is -1.42. The van der Waals surface area contributed by atoms with Crippen molar-refractivity contribution in [2.75, 3.05) is 6.61 Å². The molecule has 0 fully saturated rings. The number of hydrogen-bond acceptors (Lipinski definition) is 3. The van der Waals surface area contributed by atoms with E-state index in [2.05, 4.69) is 4.98 Å². The quantitative estimate of drug-likeness (QED) is 0.825. The zero-order valence-electron chi connectivity index (χ0n) is 10.7. The van der Waals surface area contributed by atoms with E-state index in [4.69, 9.17) is 22.1 Å². The summed E-state index contributed by atoms with van der Waals surface area (Å²) in [6.07, 6.45) is 2.59. The van der Waals surface area contributed by atoms with E-state index >= 15 is 0 Å².